The van der Waals surface area contributed by atoms with Crippen LogP contribution in [-0.4, -0.2) is 24.5 Å². The van der Waals surface area contributed by atoms with Gasteiger partial charge in [0.25, 0.3) is 0 Å². The van der Waals surface area contributed by atoms with Crippen LogP contribution in [0.15, 0.2) is 24.3 Å². The largest absolute Gasteiger partial charge is 0.329 e. The van der Waals surface area contributed by atoms with Crippen molar-refractivity contribution in [2.24, 2.45) is 5.73 Å². The SMILES string of the molecule is CCCN(CC)C(CN)c1cccc(C2CC2)c1. The molecule has 1 unspecified atom stereocenters. The van der Waals surface area contributed by atoms with Crippen molar-refractivity contribution in [1.82, 2.24) is 4.90 Å². The van der Waals surface area contributed by atoms with Crippen molar-refractivity contribution in [3.8, 4) is 0 Å². The van der Waals surface area contributed by atoms with Crippen LogP contribution >= 0.6 is 0 Å². The van der Waals surface area contributed by atoms with E-state index in [1.54, 1.807) is 0 Å². The Hall–Kier alpha value is -0.860. The molecule has 1 atom stereocenters. The average Bonchev–Trinajstić information content (AvgIpc) is 3.23. The summed E-state index contributed by atoms with van der Waals surface area (Å²) in [4.78, 5) is 2.49. The Kier molecular flexibility index (Phi) is 4.79. The van der Waals surface area contributed by atoms with Crippen molar-refractivity contribution < 1.29 is 0 Å². The highest BCUT2D eigenvalue weighted by atomic mass is 15.2. The highest BCUT2D eigenvalue weighted by Crippen LogP contribution is 2.40. The molecule has 2 N–H and O–H groups in total. The number of nitrogens with two attached hydrogens (primary N) is 1. The minimum absolute atomic E-state index is 0.383. The second-order valence-electron chi connectivity index (χ2n) is 5.32. The molecule has 0 aromatic heterocycles. The van der Waals surface area contributed by atoms with E-state index in [-0.39, 0.29) is 0 Å². The summed E-state index contributed by atoms with van der Waals surface area (Å²) in [7, 11) is 0. The summed E-state index contributed by atoms with van der Waals surface area (Å²) in [5.74, 6) is 0.824. The molecule has 2 heteroatoms. The maximum atomic E-state index is 6.01. The van der Waals surface area contributed by atoms with Crippen molar-refractivity contribution >= 4 is 0 Å². The molecule has 1 aliphatic carbocycles. The van der Waals surface area contributed by atoms with E-state index in [9.17, 15) is 0 Å². The summed E-state index contributed by atoms with van der Waals surface area (Å²) in [6.07, 6.45) is 3.92. The van der Waals surface area contributed by atoms with E-state index < -0.39 is 0 Å². The van der Waals surface area contributed by atoms with Crippen LogP contribution in [-0.2, 0) is 0 Å². The van der Waals surface area contributed by atoms with E-state index in [4.69, 9.17) is 5.73 Å². The van der Waals surface area contributed by atoms with Gasteiger partial charge in [0.1, 0.15) is 0 Å². The third-order valence-corrected chi connectivity index (χ3v) is 3.93. The second kappa shape index (κ2) is 6.35. The molecule has 0 radical (unpaired) electrons. The van der Waals surface area contributed by atoms with Gasteiger partial charge in [-0.2, -0.15) is 0 Å². The summed E-state index contributed by atoms with van der Waals surface area (Å²) in [6, 6.07) is 9.47. The van der Waals surface area contributed by atoms with Gasteiger partial charge in [-0.3, -0.25) is 4.90 Å². The summed E-state index contributed by atoms with van der Waals surface area (Å²) in [5.41, 5.74) is 8.92. The van der Waals surface area contributed by atoms with Crippen LogP contribution in [0.1, 0.15) is 56.2 Å². The summed E-state index contributed by atoms with van der Waals surface area (Å²) in [5, 5.41) is 0. The van der Waals surface area contributed by atoms with Crippen molar-refractivity contribution in [1.29, 1.82) is 0 Å². The van der Waals surface area contributed by atoms with E-state index in [0.29, 0.717) is 12.6 Å². The monoisotopic (exact) mass is 246 g/mol. The molecular formula is C16H26N2. The fraction of sp³-hybridized carbons (Fsp3) is 0.625. The molecule has 0 bridgehead atoms. The molecule has 1 aromatic carbocycles. The Balaban J connectivity index is 2.17. The van der Waals surface area contributed by atoms with Gasteiger partial charge in [0.2, 0.25) is 0 Å². The maximum absolute atomic E-state index is 6.01. The van der Waals surface area contributed by atoms with Crippen LogP contribution in [0.4, 0.5) is 0 Å². The topological polar surface area (TPSA) is 29.3 Å². The van der Waals surface area contributed by atoms with Gasteiger partial charge in [-0.15, -0.1) is 0 Å². The van der Waals surface area contributed by atoms with Crippen LogP contribution in [0.5, 0.6) is 0 Å². The fourth-order valence-corrected chi connectivity index (χ4v) is 2.75. The quantitative estimate of drug-likeness (QED) is 0.800. The van der Waals surface area contributed by atoms with Crippen molar-refractivity contribution in [3.63, 3.8) is 0 Å². The smallest absolute Gasteiger partial charge is 0.0470 e. The van der Waals surface area contributed by atoms with Crippen LogP contribution in [0.2, 0.25) is 0 Å². The van der Waals surface area contributed by atoms with Gasteiger partial charge in [0.05, 0.1) is 0 Å². The van der Waals surface area contributed by atoms with Crippen molar-refractivity contribution in [2.75, 3.05) is 19.6 Å². The zero-order chi connectivity index (χ0) is 13.0. The van der Waals surface area contributed by atoms with Gasteiger partial charge >= 0.3 is 0 Å². The second-order valence-corrected chi connectivity index (χ2v) is 5.32. The first-order valence-corrected chi connectivity index (χ1v) is 7.34. The Morgan fingerprint density at radius 3 is 2.67 bits per heavy atom. The van der Waals surface area contributed by atoms with Crippen molar-refractivity contribution in [3.05, 3.63) is 35.4 Å². The van der Waals surface area contributed by atoms with E-state index in [1.165, 1.54) is 30.4 Å². The third-order valence-electron chi connectivity index (χ3n) is 3.93. The van der Waals surface area contributed by atoms with Crippen LogP contribution in [0, 0.1) is 0 Å². The van der Waals surface area contributed by atoms with Gasteiger partial charge < -0.3 is 5.73 Å². The number of hydrogen-bond acceptors (Lipinski definition) is 2. The first kappa shape index (κ1) is 13.6. The lowest BCUT2D eigenvalue weighted by Gasteiger charge is -2.30. The van der Waals surface area contributed by atoms with Gasteiger partial charge in [0, 0.05) is 12.6 Å². The molecule has 0 spiro atoms. The Bertz CT molecular complexity index is 371. The summed E-state index contributed by atoms with van der Waals surface area (Å²) >= 11 is 0. The van der Waals surface area contributed by atoms with Crippen molar-refractivity contribution in [2.45, 2.75) is 45.1 Å². The molecule has 1 aromatic rings. The standard InChI is InChI=1S/C16H26N2/c1-3-10-18(4-2)16(12-17)15-7-5-6-14(11-15)13-8-9-13/h5-7,11,13,16H,3-4,8-10,12,17H2,1-2H3. The maximum Gasteiger partial charge on any atom is 0.0470 e. The van der Waals surface area contributed by atoms with Gasteiger partial charge in [-0.1, -0.05) is 38.1 Å². The predicted molar refractivity (Wildman–Crippen MR) is 77.8 cm³/mol. The molecule has 1 aliphatic rings. The number of likely N-dealkylation sites (N-methyl/N-ethyl adjacent to an activating group) is 1. The number of nitrogens with zero attached hydrogens (tertiary/aromatic N) is 1. The molecule has 2 rings (SSSR count). The summed E-state index contributed by atoms with van der Waals surface area (Å²) < 4.78 is 0. The third kappa shape index (κ3) is 3.12. The minimum Gasteiger partial charge on any atom is -0.329 e. The van der Waals surface area contributed by atoms with E-state index in [1.807, 2.05) is 0 Å². The molecule has 0 saturated heterocycles. The molecule has 2 nitrogen and oxygen atoms in total. The first-order chi connectivity index (χ1) is 8.80. The van der Waals surface area contributed by atoms with Crippen LogP contribution < -0.4 is 5.73 Å². The van der Waals surface area contributed by atoms with Crippen LogP contribution in [0.25, 0.3) is 0 Å². The van der Waals surface area contributed by atoms with Gasteiger partial charge in [0.15, 0.2) is 0 Å². The van der Waals surface area contributed by atoms with Gasteiger partial charge in [-0.25, -0.2) is 0 Å². The Morgan fingerprint density at radius 2 is 2.11 bits per heavy atom. The van der Waals surface area contributed by atoms with Gasteiger partial charge in [-0.05, 0) is 49.4 Å². The van der Waals surface area contributed by atoms with E-state index >= 15 is 0 Å². The number of benzene rings is 1. The lowest BCUT2D eigenvalue weighted by molar-refractivity contribution is 0.212. The molecule has 0 aliphatic heterocycles. The lowest BCUT2D eigenvalue weighted by atomic mass is 10.0. The number of hydrogen-bond donors (Lipinski definition) is 1. The molecule has 18 heavy (non-hydrogen) atoms. The normalized spacial score (nSPS) is 17.1. The first-order valence-electron chi connectivity index (χ1n) is 7.34. The fourth-order valence-electron chi connectivity index (χ4n) is 2.75. The van der Waals surface area contributed by atoms with E-state index in [2.05, 4.69) is 43.0 Å². The minimum atomic E-state index is 0.383. The predicted octanol–water partition coefficient (Wildman–Crippen LogP) is 3.30. The number of rotatable bonds is 7. The average molecular weight is 246 g/mol. The highest BCUT2D eigenvalue weighted by molar-refractivity contribution is 5.31. The zero-order valence-corrected chi connectivity index (χ0v) is 11.7. The summed E-state index contributed by atoms with van der Waals surface area (Å²) in [6.45, 7) is 7.37. The molecule has 1 fully saturated rings. The highest BCUT2D eigenvalue weighted by Gasteiger charge is 2.25. The molecule has 1 saturated carbocycles. The Labute approximate surface area is 111 Å². The zero-order valence-electron chi connectivity index (χ0n) is 11.7. The molecule has 0 heterocycles. The van der Waals surface area contributed by atoms with Crippen LogP contribution in [0.3, 0.4) is 0 Å². The lowest BCUT2D eigenvalue weighted by Crippen LogP contribution is -2.34. The van der Waals surface area contributed by atoms with E-state index in [0.717, 1.165) is 19.0 Å². The Morgan fingerprint density at radius 1 is 1.33 bits per heavy atom. The molecule has 100 valence electrons. The molecule has 0 amide bonds. The molecular weight excluding hydrogens is 220 g/mol.